The number of methoxy groups -OCH3 is 1. The molecular weight excluding hydrogens is 408 g/mol. The van der Waals surface area contributed by atoms with Crippen LogP contribution in [-0.2, 0) is 4.79 Å². The summed E-state index contributed by atoms with van der Waals surface area (Å²) in [6.07, 6.45) is -0.851. The molecular formula is C23H19F2NO5. The molecule has 3 aromatic rings. The van der Waals surface area contributed by atoms with E-state index in [1.165, 1.54) is 19.2 Å². The lowest BCUT2D eigenvalue weighted by atomic mass is 10.0. The van der Waals surface area contributed by atoms with Crippen molar-refractivity contribution in [1.82, 2.24) is 0 Å². The normalized spacial score (nSPS) is 14.8. The van der Waals surface area contributed by atoms with Gasteiger partial charge in [-0.1, -0.05) is 24.3 Å². The lowest BCUT2D eigenvalue weighted by Gasteiger charge is -2.25. The molecule has 0 radical (unpaired) electrons. The van der Waals surface area contributed by atoms with Gasteiger partial charge in [0.05, 0.1) is 7.11 Å². The van der Waals surface area contributed by atoms with Gasteiger partial charge in [0.25, 0.3) is 5.91 Å². The SMILES string of the molecule is COc1ccc(-c2cc(NC(=O)C3COc4ccccc4O3)ccc2OC(F)F)cc1. The number of hydrogen-bond donors (Lipinski definition) is 1. The molecule has 1 aliphatic heterocycles. The van der Waals surface area contributed by atoms with Gasteiger partial charge in [-0.3, -0.25) is 4.79 Å². The van der Waals surface area contributed by atoms with Crippen molar-refractivity contribution in [2.45, 2.75) is 12.7 Å². The molecule has 1 amide bonds. The first kappa shape index (κ1) is 20.5. The summed E-state index contributed by atoms with van der Waals surface area (Å²) >= 11 is 0. The number of carbonyl (C=O) groups excluding carboxylic acids is 1. The Hall–Kier alpha value is -3.81. The third-order valence-electron chi connectivity index (χ3n) is 4.67. The lowest BCUT2D eigenvalue weighted by Crippen LogP contribution is -2.40. The number of nitrogens with one attached hydrogen (secondary N) is 1. The van der Waals surface area contributed by atoms with Crippen LogP contribution in [0.25, 0.3) is 11.1 Å². The minimum absolute atomic E-state index is 0.00987. The number of benzene rings is 3. The molecule has 0 aliphatic carbocycles. The minimum Gasteiger partial charge on any atom is -0.497 e. The van der Waals surface area contributed by atoms with Crippen LogP contribution in [0.3, 0.4) is 0 Å². The molecule has 1 heterocycles. The monoisotopic (exact) mass is 427 g/mol. The van der Waals surface area contributed by atoms with Crippen LogP contribution in [0.5, 0.6) is 23.0 Å². The van der Waals surface area contributed by atoms with E-state index in [9.17, 15) is 13.6 Å². The van der Waals surface area contributed by atoms with Crippen LogP contribution in [0.2, 0.25) is 0 Å². The Morgan fingerprint density at radius 2 is 1.81 bits per heavy atom. The molecule has 8 heteroatoms. The van der Waals surface area contributed by atoms with E-state index in [1.807, 2.05) is 6.07 Å². The third kappa shape index (κ3) is 4.69. The van der Waals surface area contributed by atoms with Crippen LogP contribution in [-0.4, -0.2) is 32.3 Å². The number of ether oxygens (including phenoxy) is 4. The second kappa shape index (κ2) is 8.91. The first-order chi connectivity index (χ1) is 15.0. The van der Waals surface area contributed by atoms with Gasteiger partial charge in [0.1, 0.15) is 18.1 Å². The predicted octanol–water partition coefficient (Wildman–Crippen LogP) is 4.74. The fourth-order valence-electron chi connectivity index (χ4n) is 3.17. The van der Waals surface area contributed by atoms with Gasteiger partial charge in [-0.05, 0) is 48.0 Å². The van der Waals surface area contributed by atoms with E-state index >= 15 is 0 Å². The molecule has 6 nitrogen and oxygen atoms in total. The van der Waals surface area contributed by atoms with Gasteiger partial charge < -0.3 is 24.3 Å². The lowest BCUT2D eigenvalue weighted by molar-refractivity contribution is -0.125. The maximum Gasteiger partial charge on any atom is 0.387 e. The molecule has 0 bridgehead atoms. The number of carbonyl (C=O) groups is 1. The first-order valence-corrected chi connectivity index (χ1v) is 9.46. The summed E-state index contributed by atoms with van der Waals surface area (Å²) in [6.45, 7) is -2.92. The fourth-order valence-corrected chi connectivity index (χ4v) is 3.17. The summed E-state index contributed by atoms with van der Waals surface area (Å²) in [5.74, 6) is 1.25. The number of para-hydroxylation sites is 2. The number of halogens is 2. The maximum absolute atomic E-state index is 12.9. The van der Waals surface area contributed by atoms with Crippen molar-refractivity contribution in [3.63, 3.8) is 0 Å². The molecule has 0 saturated carbocycles. The zero-order valence-corrected chi connectivity index (χ0v) is 16.5. The summed E-state index contributed by atoms with van der Waals surface area (Å²) in [5, 5.41) is 2.74. The van der Waals surface area contributed by atoms with Crippen molar-refractivity contribution in [2.75, 3.05) is 19.0 Å². The number of fused-ring (bicyclic) bond motifs is 1. The standard InChI is InChI=1S/C23H19F2NO5/c1-28-16-9-6-14(7-10-16)17-12-15(8-11-18(17)31-23(24)25)26-22(27)21-13-29-19-4-2-3-5-20(19)30-21/h2-12,21,23H,13H2,1H3,(H,26,27). The van der Waals surface area contributed by atoms with Crippen molar-refractivity contribution in [2.24, 2.45) is 0 Å². The van der Waals surface area contributed by atoms with Crippen LogP contribution < -0.4 is 24.3 Å². The molecule has 0 fully saturated rings. The Morgan fingerprint density at radius 1 is 1.06 bits per heavy atom. The number of rotatable bonds is 6. The van der Waals surface area contributed by atoms with Crippen molar-refractivity contribution < 1.29 is 32.5 Å². The zero-order valence-electron chi connectivity index (χ0n) is 16.5. The highest BCUT2D eigenvalue weighted by molar-refractivity contribution is 5.95. The second-order valence-electron chi connectivity index (χ2n) is 6.67. The molecule has 160 valence electrons. The molecule has 31 heavy (non-hydrogen) atoms. The summed E-state index contributed by atoms with van der Waals surface area (Å²) in [7, 11) is 1.53. The molecule has 1 aliphatic rings. The van der Waals surface area contributed by atoms with E-state index in [-0.39, 0.29) is 12.4 Å². The van der Waals surface area contributed by atoms with E-state index in [0.29, 0.717) is 34.1 Å². The first-order valence-electron chi connectivity index (χ1n) is 9.46. The van der Waals surface area contributed by atoms with Crippen molar-refractivity contribution in [1.29, 1.82) is 0 Å². The molecule has 1 unspecified atom stereocenters. The van der Waals surface area contributed by atoms with Crippen LogP contribution in [0, 0.1) is 0 Å². The van der Waals surface area contributed by atoms with Crippen molar-refractivity contribution in [3.05, 3.63) is 66.7 Å². The topological polar surface area (TPSA) is 66.0 Å². The molecule has 1 N–H and O–H groups in total. The predicted molar refractivity (Wildman–Crippen MR) is 110 cm³/mol. The summed E-state index contributed by atoms with van der Waals surface area (Å²) in [6, 6.07) is 18.3. The second-order valence-corrected chi connectivity index (χ2v) is 6.67. The Bertz CT molecular complexity index is 1070. The third-order valence-corrected chi connectivity index (χ3v) is 4.67. The van der Waals surface area contributed by atoms with Crippen molar-refractivity contribution in [3.8, 4) is 34.1 Å². The summed E-state index contributed by atoms with van der Waals surface area (Å²) in [5.41, 5.74) is 1.42. The Balaban J connectivity index is 1.56. The largest absolute Gasteiger partial charge is 0.497 e. The van der Waals surface area contributed by atoms with E-state index < -0.39 is 18.6 Å². The molecule has 0 saturated heterocycles. The van der Waals surface area contributed by atoms with Gasteiger partial charge in [-0.15, -0.1) is 0 Å². The molecule has 4 rings (SSSR count). The van der Waals surface area contributed by atoms with Gasteiger partial charge in [-0.25, -0.2) is 0 Å². The van der Waals surface area contributed by atoms with Crippen LogP contribution in [0.15, 0.2) is 66.7 Å². The van der Waals surface area contributed by atoms with E-state index in [4.69, 9.17) is 14.2 Å². The van der Waals surface area contributed by atoms with Crippen molar-refractivity contribution >= 4 is 11.6 Å². The van der Waals surface area contributed by atoms with Crippen LogP contribution in [0.4, 0.5) is 14.5 Å². The Labute approximate surface area is 177 Å². The highest BCUT2D eigenvalue weighted by Crippen LogP contribution is 2.35. The average molecular weight is 427 g/mol. The van der Waals surface area contributed by atoms with Gasteiger partial charge in [0.15, 0.2) is 11.5 Å². The molecule has 3 aromatic carbocycles. The zero-order chi connectivity index (χ0) is 21.8. The molecule has 0 aromatic heterocycles. The average Bonchev–Trinajstić information content (AvgIpc) is 2.79. The number of alkyl halides is 2. The van der Waals surface area contributed by atoms with E-state index in [0.717, 1.165) is 0 Å². The summed E-state index contributed by atoms with van der Waals surface area (Å²) < 4.78 is 46.8. The number of amides is 1. The quantitative estimate of drug-likeness (QED) is 0.616. The van der Waals surface area contributed by atoms with E-state index in [1.54, 1.807) is 48.5 Å². The maximum atomic E-state index is 12.9. The van der Waals surface area contributed by atoms with Gasteiger partial charge in [0, 0.05) is 11.3 Å². The highest BCUT2D eigenvalue weighted by atomic mass is 19.3. The fraction of sp³-hybridized carbons (Fsp3) is 0.174. The highest BCUT2D eigenvalue weighted by Gasteiger charge is 2.27. The Kier molecular flexibility index (Phi) is 5.88. The minimum atomic E-state index is -2.98. The smallest absolute Gasteiger partial charge is 0.387 e. The summed E-state index contributed by atoms with van der Waals surface area (Å²) in [4.78, 5) is 12.7. The van der Waals surface area contributed by atoms with E-state index in [2.05, 4.69) is 10.1 Å². The number of hydrogen-bond acceptors (Lipinski definition) is 5. The Morgan fingerprint density at radius 3 is 2.52 bits per heavy atom. The molecule has 1 atom stereocenters. The van der Waals surface area contributed by atoms with Gasteiger partial charge in [-0.2, -0.15) is 8.78 Å². The van der Waals surface area contributed by atoms with Crippen LogP contribution in [0.1, 0.15) is 0 Å². The number of anilines is 1. The van der Waals surface area contributed by atoms with Gasteiger partial charge in [0.2, 0.25) is 6.10 Å². The van der Waals surface area contributed by atoms with Gasteiger partial charge >= 0.3 is 6.61 Å². The molecule has 0 spiro atoms. The van der Waals surface area contributed by atoms with Crippen LogP contribution >= 0.6 is 0 Å².